The molecule has 1 heterocycles. The minimum Gasteiger partial charge on any atom is -0.377 e. The average Bonchev–Trinajstić information content (AvgIpc) is 2.55. The van der Waals surface area contributed by atoms with Crippen molar-refractivity contribution < 1.29 is 4.74 Å². The van der Waals surface area contributed by atoms with Crippen molar-refractivity contribution in [1.29, 1.82) is 0 Å². The van der Waals surface area contributed by atoms with E-state index in [1.54, 1.807) is 0 Å². The molecule has 1 rings (SSSR count). The fraction of sp³-hybridized carbons (Fsp3) is 1.00. The van der Waals surface area contributed by atoms with Crippen LogP contribution in [0.5, 0.6) is 0 Å². The van der Waals surface area contributed by atoms with Crippen molar-refractivity contribution in [1.82, 2.24) is 5.32 Å². The molecule has 0 aromatic carbocycles. The number of hydrogen-bond acceptors (Lipinski definition) is 3. The standard InChI is InChI=1S/C12H26N2O/c1-4-5-11(8-13)9-14-12(3)6-7-15-10(12)2/h10-11,14H,4-9,13H2,1-3H3. The molecule has 90 valence electrons. The molecule has 0 aromatic heterocycles. The zero-order chi connectivity index (χ0) is 11.3. The summed E-state index contributed by atoms with van der Waals surface area (Å²) in [6.45, 7) is 9.31. The number of ether oxygens (including phenoxy) is 1. The van der Waals surface area contributed by atoms with Crippen LogP contribution in [0.2, 0.25) is 0 Å². The van der Waals surface area contributed by atoms with Gasteiger partial charge in [-0.3, -0.25) is 0 Å². The van der Waals surface area contributed by atoms with Gasteiger partial charge in [0.1, 0.15) is 0 Å². The average molecular weight is 214 g/mol. The molecule has 0 radical (unpaired) electrons. The lowest BCUT2D eigenvalue weighted by Crippen LogP contribution is -2.50. The van der Waals surface area contributed by atoms with Gasteiger partial charge in [0.25, 0.3) is 0 Å². The van der Waals surface area contributed by atoms with E-state index in [0.29, 0.717) is 12.0 Å². The highest BCUT2D eigenvalue weighted by Crippen LogP contribution is 2.25. The van der Waals surface area contributed by atoms with Crippen molar-refractivity contribution in [2.24, 2.45) is 11.7 Å². The van der Waals surface area contributed by atoms with Crippen LogP contribution in [0.3, 0.4) is 0 Å². The summed E-state index contributed by atoms with van der Waals surface area (Å²) in [5.41, 5.74) is 5.90. The molecule has 3 nitrogen and oxygen atoms in total. The zero-order valence-electron chi connectivity index (χ0n) is 10.4. The van der Waals surface area contributed by atoms with Crippen molar-refractivity contribution in [3.8, 4) is 0 Å². The molecule has 1 fully saturated rings. The Labute approximate surface area is 93.8 Å². The van der Waals surface area contributed by atoms with Gasteiger partial charge in [0.15, 0.2) is 0 Å². The fourth-order valence-corrected chi connectivity index (χ4v) is 2.16. The van der Waals surface area contributed by atoms with Crippen LogP contribution in [-0.2, 0) is 4.74 Å². The first-order valence-electron chi connectivity index (χ1n) is 6.19. The van der Waals surface area contributed by atoms with Gasteiger partial charge in [-0.15, -0.1) is 0 Å². The van der Waals surface area contributed by atoms with Crippen LogP contribution in [0, 0.1) is 5.92 Å². The molecule has 3 N–H and O–H groups in total. The Kier molecular flexibility index (Phi) is 5.03. The van der Waals surface area contributed by atoms with Gasteiger partial charge in [0.05, 0.1) is 6.10 Å². The van der Waals surface area contributed by atoms with E-state index in [1.165, 1.54) is 12.8 Å². The topological polar surface area (TPSA) is 47.3 Å². The number of nitrogens with one attached hydrogen (secondary N) is 1. The van der Waals surface area contributed by atoms with Crippen molar-refractivity contribution >= 4 is 0 Å². The summed E-state index contributed by atoms with van der Waals surface area (Å²) in [4.78, 5) is 0. The highest BCUT2D eigenvalue weighted by molar-refractivity contribution is 4.93. The van der Waals surface area contributed by atoms with Gasteiger partial charge in [-0.1, -0.05) is 13.3 Å². The van der Waals surface area contributed by atoms with Gasteiger partial charge in [0.2, 0.25) is 0 Å². The SMILES string of the molecule is CCCC(CN)CNC1(C)CCOC1C. The fourth-order valence-electron chi connectivity index (χ4n) is 2.16. The van der Waals surface area contributed by atoms with Crippen LogP contribution >= 0.6 is 0 Å². The van der Waals surface area contributed by atoms with E-state index in [1.807, 2.05) is 0 Å². The van der Waals surface area contributed by atoms with E-state index in [4.69, 9.17) is 10.5 Å². The first kappa shape index (κ1) is 12.9. The molecule has 0 spiro atoms. The Morgan fingerprint density at radius 2 is 2.33 bits per heavy atom. The van der Waals surface area contributed by atoms with E-state index in [0.717, 1.165) is 26.1 Å². The van der Waals surface area contributed by atoms with Gasteiger partial charge in [-0.25, -0.2) is 0 Å². The quantitative estimate of drug-likeness (QED) is 0.705. The minimum absolute atomic E-state index is 0.154. The Morgan fingerprint density at radius 3 is 2.80 bits per heavy atom. The summed E-state index contributed by atoms with van der Waals surface area (Å²) in [6, 6.07) is 0. The highest BCUT2D eigenvalue weighted by Gasteiger charge is 2.36. The van der Waals surface area contributed by atoms with Gasteiger partial charge >= 0.3 is 0 Å². The molecule has 3 unspecified atom stereocenters. The first-order chi connectivity index (χ1) is 7.12. The Bertz CT molecular complexity index is 186. The minimum atomic E-state index is 0.154. The summed E-state index contributed by atoms with van der Waals surface area (Å²) in [6.07, 6.45) is 3.86. The molecule has 0 amide bonds. The van der Waals surface area contributed by atoms with E-state index in [9.17, 15) is 0 Å². The third-order valence-electron chi connectivity index (χ3n) is 3.71. The van der Waals surface area contributed by atoms with Crippen molar-refractivity contribution in [2.75, 3.05) is 19.7 Å². The van der Waals surface area contributed by atoms with Crippen LogP contribution in [-0.4, -0.2) is 31.3 Å². The van der Waals surface area contributed by atoms with Crippen LogP contribution in [0.25, 0.3) is 0 Å². The van der Waals surface area contributed by atoms with Gasteiger partial charge < -0.3 is 15.8 Å². The lowest BCUT2D eigenvalue weighted by atomic mass is 9.93. The monoisotopic (exact) mass is 214 g/mol. The maximum Gasteiger partial charge on any atom is 0.0726 e. The molecular weight excluding hydrogens is 188 g/mol. The van der Waals surface area contributed by atoms with E-state index in [-0.39, 0.29) is 5.54 Å². The molecule has 3 atom stereocenters. The van der Waals surface area contributed by atoms with Crippen LogP contribution < -0.4 is 11.1 Å². The maximum atomic E-state index is 5.75. The number of rotatable bonds is 6. The van der Waals surface area contributed by atoms with Crippen molar-refractivity contribution in [3.63, 3.8) is 0 Å². The third kappa shape index (κ3) is 3.44. The van der Waals surface area contributed by atoms with Crippen LogP contribution in [0.1, 0.15) is 40.0 Å². The predicted molar refractivity (Wildman–Crippen MR) is 63.9 cm³/mol. The third-order valence-corrected chi connectivity index (χ3v) is 3.71. The molecule has 1 saturated heterocycles. The summed E-state index contributed by atoms with van der Waals surface area (Å²) in [7, 11) is 0. The summed E-state index contributed by atoms with van der Waals surface area (Å²) in [5, 5.41) is 3.64. The molecule has 0 saturated carbocycles. The lowest BCUT2D eigenvalue weighted by molar-refractivity contribution is 0.0870. The molecule has 0 aliphatic carbocycles. The predicted octanol–water partition coefficient (Wildman–Crippen LogP) is 1.52. The Balaban J connectivity index is 2.34. The molecule has 15 heavy (non-hydrogen) atoms. The molecular formula is C12H26N2O. The van der Waals surface area contributed by atoms with E-state index in [2.05, 4.69) is 26.1 Å². The van der Waals surface area contributed by atoms with Gasteiger partial charge in [0, 0.05) is 12.1 Å². The van der Waals surface area contributed by atoms with E-state index < -0.39 is 0 Å². The summed E-state index contributed by atoms with van der Waals surface area (Å²) >= 11 is 0. The highest BCUT2D eigenvalue weighted by atomic mass is 16.5. The normalized spacial score (nSPS) is 33.2. The van der Waals surface area contributed by atoms with Crippen LogP contribution in [0.4, 0.5) is 0 Å². The maximum absolute atomic E-state index is 5.75. The smallest absolute Gasteiger partial charge is 0.0726 e. The number of nitrogens with two attached hydrogens (primary N) is 1. The van der Waals surface area contributed by atoms with Crippen LogP contribution in [0.15, 0.2) is 0 Å². The molecule has 1 aliphatic rings. The van der Waals surface area contributed by atoms with Crippen molar-refractivity contribution in [2.45, 2.75) is 51.7 Å². The summed E-state index contributed by atoms with van der Waals surface area (Å²) in [5.74, 6) is 0.611. The second-order valence-corrected chi connectivity index (χ2v) is 4.95. The summed E-state index contributed by atoms with van der Waals surface area (Å²) < 4.78 is 5.60. The first-order valence-corrected chi connectivity index (χ1v) is 6.19. The van der Waals surface area contributed by atoms with Crippen molar-refractivity contribution in [3.05, 3.63) is 0 Å². The largest absolute Gasteiger partial charge is 0.377 e. The van der Waals surface area contributed by atoms with Gasteiger partial charge in [-0.2, -0.15) is 0 Å². The van der Waals surface area contributed by atoms with E-state index >= 15 is 0 Å². The zero-order valence-corrected chi connectivity index (χ0v) is 10.4. The second kappa shape index (κ2) is 5.83. The Morgan fingerprint density at radius 1 is 1.60 bits per heavy atom. The Hall–Kier alpha value is -0.120. The number of hydrogen-bond donors (Lipinski definition) is 2. The molecule has 0 aromatic rings. The molecule has 1 aliphatic heterocycles. The second-order valence-electron chi connectivity index (χ2n) is 4.95. The van der Waals surface area contributed by atoms with Gasteiger partial charge in [-0.05, 0) is 45.7 Å². The molecule has 0 bridgehead atoms. The molecule has 3 heteroatoms. The lowest BCUT2D eigenvalue weighted by Gasteiger charge is -2.31.